The molecule has 2 aromatic rings. The van der Waals surface area contributed by atoms with Crippen LogP contribution in [-0.2, 0) is 6.54 Å². The lowest BCUT2D eigenvalue weighted by Gasteiger charge is -2.45. The van der Waals surface area contributed by atoms with E-state index in [1.165, 1.54) is 12.3 Å². The van der Waals surface area contributed by atoms with Gasteiger partial charge in [0.05, 0.1) is 23.8 Å². The molecule has 1 aliphatic heterocycles. The van der Waals surface area contributed by atoms with Crippen molar-refractivity contribution in [2.24, 2.45) is 5.92 Å². The number of carboxylic acid groups (broad SMARTS) is 1. The number of hydrogen-bond donors (Lipinski definition) is 1. The minimum Gasteiger partial charge on any atom is -0.489 e. The monoisotopic (exact) mass is 491 g/mol. The third kappa shape index (κ3) is 5.64. The molecule has 0 amide bonds. The molecule has 4 rings (SSSR count). The maximum absolute atomic E-state index is 12.6. The van der Waals surface area contributed by atoms with Gasteiger partial charge in [-0.3, -0.25) is 9.47 Å². The van der Waals surface area contributed by atoms with Crippen molar-refractivity contribution >= 4 is 5.97 Å². The lowest BCUT2D eigenvalue weighted by atomic mass is 9.93. The highest BCUT2D eigenvalue weighted by Crippen LogP contribution is 2.47. The Balaban J connectivity index is 0.000000538. The SMILES string of the molecule is C=CCOc1cc2c(cc1C1CC1)-c1cc(=O)c(C(=O)O)cn1N(C(C)(C)CC)C2.CCC(C)C#N. The summed E-state index contributed by atoms with van der Waals surface area (Å²) >= 11 is 0. The molecule has 7 nitrogen and oxygen atoms in total. The highest BCUT2D eigenvalue weighted by molar-refractivity contribution is 5.88. The number of benzene rings is 1. The molecule has 7 heteroatoms. The van der Waals surface area contributed by atoms with Gasteiger partial charge in [-0.25, -0.2) is 4.79 Å². The summed E-state index contributed by atoms with van der Waals surface area (Å²) in [5, 5.41) is 19.7. The molecule has 2 heterocycles. The maximum atomic E-state index is 12.6. The zero-order chi connectivity index (χ0) is 26.6. The van der Waals surface area contributed by atoms with Crippen LogP contribution in [-0.4, -0.2) is 27.9 Å². The van der Waals surface area contributed by atoms with Crippen LogP contribution in [0, 0.1) is 17.2 Å². The fourth-order valence-corrected chi connectivity index (χ4v) is 4.10. The van der Waals surface area contributed by atoms with Gasteiger partial charge in [0.15, 0.2) is 5.43 Å². The van der Waals surface area contributed by atoms with Gasteiger partial charge >= 0.3 is 5.97 Å². The Morgan fingerprint density at radius 3 is 2.53 bits per heavy atom. The number of hydrogen-bond acceptors (Lipinski definition) is 5. The van der Waals surface area contributed by atoms with Crippen molar-refractivity contribution < 1.29 is 14.6 Å². The van der Waals surface area contributed by atoms with Gasteiger partial charge in [-0.1, -0.05) is 26.5 Å². The molecule has 1 saturated carbocycles. The third-order valence-electron chi connectivity index (χ3n) is 7.12. The number of aromatic carboxylic acids is 1. The van der Waals surface area contributed by atoms with Crippen LogP contribution in [0.1, 0.15) is 87.7 Å². The summed E-state index contributed by atoms with van der Waals surface area (Å²) in [5.74, 6) is 0.384. The van der Waals surface area contributed by atoms with Crippen LogP contribution in [0.4, 0.5) is 0 Å². The quantitative estimate of drug-likeness (QED) is 0.465. The van der Waals surface area contributed by atoms with Crippen molar-refractivity contribution in [1.82, 2.24) is 4.68 Å². The number of rotatable bonds is 8. The fourth-order valence-electron chi connectivity index (χ4n) is 4.10. The molecule has 0 radical (unpaired) electrons. The van der Waals surface area contributed by atoms with Crippen LogP contribution < -0.4 is 15.2 Å². The average molecular weight is 492 g/mol. The summed E-state index contributed by atoms with van der Waals surface area (Å²) in [6, 6.07) is 7.79. The lowest BCUT2D eigenvalue weighted by Crippen LogP contribution is -2.52. The van der Waals surface area contributed by atoms with E-state index in [0.29, 0.717) is 19.1 Å². The molecule has 1 aliphatic carbocycles. The van der Waals surface area contributed by atoms with E-state index in [1.807, 2.05) is 18.5 Å². The third-order valence-corrected chi connectivity index (χ3v) is 7.12. The van der Waals surface area contributed by atoms with Gasteiger partial charge in [-0.15, -0.1) is 0 Å². The first-order chi connectivity index (χ1) is 17.1. The van der Waals surface area contributed by atoms with E-state index in [1.54, 1.807) is 6.08 Å². The molecule has 36 heavy (non-hydrogen) atoms. The number of nitrogens with zero attached hydrogens (tertiary/aromatic N) is 3. The van der Waals surface area contributed by atoms with E-state index >= 15 is 0 Å². The Kier molecular flexibility index (Phi) is 8.29. The zero-order valence-electron chi connectivity index (χ0n) is 22.0. The van der Waals surface area contributed by atoms with Gasteiger partial charge in [0.2, 0.25) is 0 Å². The first kappa shape index (κ1) is 27.1. The highest BCUT2D eigenvalue weighted by atomic mass is 16.5. The number of fused-ring (bicyclic) bond motifs is 3. The minimum atomic E-state index is -1.21. The van der Waals surface area contributed by atoms with Crippen LogP contribution in [0.2, 0.25) is 0 Å². The summed E-state index contributed by atoms with van der Waals surface area (Å²) in [5.41, 5.74) is 2.99. The van der Waals surface area contributed by atoms with Crippen molar-refractivity contribution in [3.05, 3.63) is 64.0 Å². The number of carbonyl (C=O) groups is 1. The summed E-state index contributed by atoms with van der Waals surface area (Å²) in [6.07, 6.45) is 7.29. The standard InChI is InChI=1S/C24H28N2O4.C5H9N/c1-5-9-30-22-10-16-13-26(24(3,4)6-2)25-14-19(23(28)29)21(27)12-20(25)17(16)11-18(22)15-7-8-15;1-3-5(2)4-6/h5,10-12,14-15H,1,6-9,13H2,2-4H3,(H,28,29);5H,3H2,1-2H3. The molecule has 1 N–H and O–H groups in total. The molecule has 1 aromatic carbocycles. The smallest absolute Gasteiger partial charge is 0.341 e. The molecule has 2 aliphatic rings. The van der Waals surface area contributed by atoms with Crippen molar-refractivity contribution in [3.8, 4) is 23.1 Å². The van der Waals surface area contributed by atoms with Crippen LogP contribution in [0.3, 0.4) is 0 Å². The van der Waals surface area contributed by atoms with E-state index in [4.69, 9.17) is 10.00 Å². The molecule has 0 spiro atoms. The first-order valence-corrected chi connectivity index (χ1v) is 12.7. The Bertz CT molecular complexity index is 1230. The Labute approximate surface area is 213 Å². The topological polar surface area (TPSA) is 95.6 Å². The van der Waals surface area contributed by atoms with Crippen molar-refractivity contribution in [2.45, 2.75) is 78.3 Å². The van der Waals surface area contributed by atoms with Crippen LogP contribution in [0.25, 0.3) is 11.3 Å². The molecule has 1 fully saturated rings. The van der Waals surface area contributed by atoms with Gasteiger partial charge < -0.3 is 14.9 Å². The Hall–Kier alpha value is -3.53. The van der Waals surface area contributed by atoms with E-state index in [9.17, 15) is 14.7 Å². The normalized spacial score (nSPS) is 14.9. The number of ether oxygens (including phenoxy) is 1. The Morgan fingerprint density at radius 2 is 2.03 bits per heavy atom. The van der Waals surface area contributed by atoms with Crippen LogP contribution in [0.15, 0.2) is 41.8 Å². The number of carboxylic acids is 1. The zero-order valence-corrected chi connectivity index (χ0v) is 22.0. The largest absolute Gasteiger partial charge is 0.489 e. The van der Waals surface area contributed by atoms with Crippen molar-refractivity contribution in [1.29, 1.82) is 5.26 Å². The lowest BCUT2D eigenvalue weighted by molar-refractivity contribution is 0.0694. The fraction of sp³-hybridized carbons (Fsp3) is 0.483. The second kappa shape index (κ2) is 11.0. The van der Waals surface area contributed by atoms with Gasteiger partial charge in [-0.05, 0) is 75.6 Å². The maximum Gasteiger partial charge on any atom is 0.341 e. The molecule has 192 valence electrons. The molecule has 0 saturated heterocycles. The molecule has 1 aromatic heterocycles. The summed E-state index contributed by atoms with van der Waals surface area (Å²) in [7, 11) is 0. The summed E-state index contributed by atoms with van der Waals surface area (Å²) in [4.78, 5) is 24.2. The van der Waals surface area contributed by atoms with Gasteiger partial charge in [0.1, 0.15) is 17.9 Å². The second-order valence-electron chi connectivity index (χ2n) is 10.2. The van der Waals surface area contributed by atoms with E-state index in [0.717, 1.165) is 53.8 Å². The van der Waals surface area contributed by atoms with E-state index in [-0.39, 0.29) is 17.0 Å². The molecular weight excluding hydrogens is 454 g/mol. The van der Waals surface area contributed by atoms with Crippen molar-refractivity contribution in [2.75, 3.05) is 11.6 Å². The van der Waals surface area contributed by atoms with Gasteiger partial charge in [-0.2, -0.15) is 5.26 Å². The Morgan fingerprint density at radius 1 is 1.33 bits per heavy atom. The number of nitriles is 1. The average Bonchev–Trinajstić information content (AvgIpc) is 3.71. The van der Waals surface area contributed by atoms with Crippen molar-refractivity contribution in [3.63, 3.8) is 0 Å². The second-order valence-corrected chi connectivity index (χ2v) is 10.2. The number of pyridine rings is 1. The first-order valence-electron chi connectivity index (χ1n) is 12.7. The van der Waals surface area contributed by atoms with E-state index < -0.39 is 11.4 Å². The van der Waals surface area contributed by atoms with Gasteiger partial charge in [0, 0.05) is 23.7 Å². The molecular formula is C29H37N3O4. The summed E-state index contributed by atoms with van der Waals surface area (Å²) in [6.45, 7) is 15.1. The summed E-state index contributed by atoms with van der Waals surface area (Å²) < 4.78 is 7.84. The molecule has 1 atom stereocenters. The predicted molar refractivity (Wildman–Crippen MR) is 142 cm³/mol. The predicted octanol–water partition coefficient (Wildman–Crippen LogP) is 5.85. The van der Waals surface area contributed by atoms with Gasteiger partial charge in [0.25, 0.3) is 0 Å². The van der Waals surface area contributed by atoms with E-state index in [2.05, 4.69) is 50.6 Å². The highest BCUT2D eigenvalue weighted by Gasteiger charge is 2.35. The minimum absolute atomic E-state index is 0.215. The van der Waals surface area contributed by atoms with Crippen LogP contribution >= 0.6 is 0 Å². The number of aromatic nitrogens is 1. The molecule has 0 bridgehead atoms. The van der Waals surface area contributed by atoms with Crippen LogP contribution in [0.5, 0.6) is 5.75 Å². The molecule has 1 unspecified atom stereocenters.